The van der Waals surface area contributed by atoms with Gasteiger partial charge in [0.05, 0.1) is 0 Å². The van der Waals surface area contributed by atoms with E-state index in [0.717, 1.165) is 36.7 Å². The fraction of sp³-hybridized carbons (Fsp3) is 0.278. The van der Waals surface area contributed by atoms with Crippen molar-refractivity contribution in [2.45, 2.75) is 6.54 Å². The molecule has 0 atom stereocenters. The summed E-state index contributed by atoms with van der Waals surface area (Å²) in [6.07, 6.45) is -0.836. The van der Waals surface area contributed by atoms with Crippen molar-refractivity contribution in [1.82, 2.24) is 9.80 Å². The standard InChI is InChI=1S/C18H20N2O3/c21-18(22)20-12-10-19(11-13-20)14-15-6-4-5-9-17(15)23-16-7-2-1-3-8-16/h1-9H,10-14H2,(H,21,22). The minimum Gasteiger partial charge on any atom is -0.465 e. The van der Waals surface area contributed by atoms with Crippen LogP contribution < -0.4 is 4.74 Å². The molecule has 0 saturated carbocycles. The summed E-state index contributed by atoms with van der Waals surface area (Å²) in [5.41, 5.74) is 1.11. The molecule has 1 aliphatic rings. The molecule has 0 unspecified atom stereocenters. The summed E-state index contributed by atoms with van der Waals surface area (Å²) in [5, 5.41) is 9.01. The predicted molar refractivity (Wildman–Crippen MR) is 87.8 cm³/mol. The third-order valence-electron chi connectivity index (χ3n) is 3.98. The summed E-state index contributed by atoms with van der Waals surface area (Å²) >= 11 is 0. The van der Waals surface area contributed by atoms with Gasteiger partial charge in [0.25, 0.3) is 0 Å². The Morgan fingerprint density at radius 2 is 1.61 bits per heavy atom. The first-order valence-electron chi connectivity index (χ1n) is 7.73. The Labute approximate surface area is 135 Å². The zero-order valence-corrected chi connectivity index (χ0v) is 12.9. The van der Waals surface area contributed by atoms with Crippen LogP contribution in [0.3, 0.4) is 0 Å². The normalized spacial score (nSPS) is 15.4. The average molecular weight is 312 g/mol. The Morgan fingerprint density at radius 1 is 0.957 bits per heavy atom. The van der Waals surface area contributed by atoms with Gasteiger partial charge < -0.3 is 14.7 Å². The van der Waals surface area contributed by atoms with Gasteiger partial charge in [-0.1, -0.05) is 36.4 Å². The molecule has 0 radical (unpaired) electrons. The molecule has 3 rings (SSSR count). The van der Waals surface area contributed by atoms with Crippen molar-refractivity contribution in [3.05, 3.63) is 60.2 Å². The molecule has 5 nitrogen and oxygen atoms in total. The number of para-hydroxylation sites is 2. The molecule has 1 aliphatic heterocycles. The van der Waals surface area contributed by atoms with E-state index in [-0.39, 0.29) is 0 Å². The Morgan fingerprint density at radius 3 is 2.30 bits per heavy atom. The topological polar surface area (TPSA) is 53.0 Å². The molecule has 1 N–H and O–H groups in total. The van der Waals surface area contributed by atoms with Crippen LogP contribution >= 0.6 is 0 Å². The second kappa shape index (κ2) is 7.15. The quantitative estimate of drug-likeness (QED) is 0.941. The van der Waals surface area contributed by atoms with Gasteiger partial charge in [0.15, 0.2) is 0 Å². The number of ether oxygens (including phenoxy) is 1. The monoisotopic (exact) mass is 312 g/mol. The number of amides is 1. The number of piperazine rings is 1. The first kappa shape index (κ1) is 15.4. The highest BCUT2D eigenvalue weighted by Crippen LogP contribution is 2.26. The lowest BCUT2D eigenvalue weighted by Crippen LogP contribution is -2.47. The van der Waals surface area contributed by atoms with Crippen molar-refractivity contribution in [2.24, 2.45) is 0 Å². The Hall–Kier alpha value is -2.53. The van der Waals surface area contributed by atoms with E-state index in [4.69, 9.17) is 9.84 Å². The van der Waals surface area contributed by atoms with Crippen molar-refractivity contribution in [3.8, 4) is 11.5 Å². The van der Waals surface area contributed by atoms with Crippen molar-refractivity contribution < 1.29 is 14.6 Å². The van der Waals surface area contributed by atoms with Crippen LogP contribution in [-0.4, -0.2) is 47.2 Å². The van der Waals surface area contributed by atoms with E-state index in [0.29, 0.717) is 13.1 Å². The maximum absolute atomic E-state index is 11.0. The van der Waals surface area contributed by atoms with Gasteiger partial charge in [-0.25, -0.2) is 4.79 Å². The Balaban J connectivity index is 1.66. The molecule has 0 aliphatic carbocycles. The van der Waals surface area contributed by atoms with E-state index >= 15 is 0 Å². The maximum atomic E-state index is 11.0. The third kappa shape index (κ3) is 4.02. The van der Waals surface area contributed by atoms with Crippen LogP contribution in [0.2, 0.25) is 0 Å². The first-order valence-corrected chi connectivity index (χ1v) is 7.73. The largest absolute Gasteiger partial charge is 0.465 e. The second-order valence-corrected chi connectivity index (χ2v) is 5.57. The molecule has 1 amide bonds. The van der Waals surface area contributed by atoms with Crippen LogP contribution in [-0.2, 0) is 6.54 Å². The number of nitrogens with zero attached hydrogens (tertiary/aromatic N) is 2. The number of carbonyl (C=O) groups is 1. The lowest BCUT2D eigenvalue weighted by atomic mass is 10.1. The SMILES string of the molecule is O=C(O)N1CCN(Cc2ccccc2Oc2ccccc2)CC1. The van der Waals surface area contributed by atoms with Gasteiger partial charge in [-0.3, -0.25) is 4.90 Å². The van der Waals surface area contributed by atoms with Gasteiger partial charge in [-0.15, -0.1) is 0 Å². The number of rotatable bonds is 4. The smallest absolute Gasteiger partial charge is 0.407 e. The van der Waals surface area contributed by atoms with Gasteiger partial charge in [0, 0.05) is 38.3 Å². The first-order chi connectivity index (χ1) is 11.2. The predicted octanol–water partition coefficient (Wildman–Crippen LogP) is 3.27. The highest BCUT2D eigenvalue weighted by atomic mass is 16.5. The zero-order valence-electron chi connectivity index (χ0n) is 12.9. The van der Waals surface area contributed by atoms with Crippen LogP contribution in [0.4, 0.5) is 4.79 Å². The highest BCUT2D eigenvalue weighted by Gasteiger charge is 2.21. The summed E-state index contributed by atoms with van der Waals surface area (Å²) in [7, 11) is 0. The zero-order chi connectivity index (χ0) is 16.1. The molecule has 2 aromatic carbocycles. The fourth-order valence-electron chi connectivity index (χ4n) is 2.69. The summed E-state index contributed by atoms with van der Waals surface area (Å²) in [6.45, 7) is 3.35. The second-order valence-electron chi connectivity index (χ2n) is 5.57. The highest BCUT2D eigenvalue weighted by molar-refractivity contribution is 5.65. The Bertz CT molecular complexity index is 652. The number of benzene rings is 2. The molecule has 120 valence electrons. The van der Waals surface area contributed by atoms with E-state index in [1.54, 1.807) is 0 Å². The van der Waals surface area contributed by atoms with Crippen molar-refractivity contribution >= 4 is 6.09 Å². The van der Waals surface area contributed by atoms with E-state index in [2.05, 4.69) is 11.0 Å². The minimum absolute atomic E-state index is 0.553. The van der Waals surface area contributed by atoms with Gasteiger partial charge in [0.1, 0.15) is 11.5 Å². The molecule has 1 fully saturated rings. The van der Waals surface area contributed by atoms with Gasteiger partial charge in [-0.2, -0.15) is 0 Å². The van der Waals surface area contributed by atoms with Crippen LogP contribution in [0, 0.1) is 0 Å². The van der Waals surface area contributed by atoms with Crippen molar-refractivity contribution in [3.63, 3.8) is 0 Å². The molecule has 2 aromatic rings. The summed E-state index contributed by atoms with van der Waals surface area (Å²) in [6, 6.07) is 17.7. The average Bonchev–Trinajstić information content (AvgIpc) is 2.58. The van der Waals surface area contributed by atoms with Crippen LogP contribution in [0.1, 0.15) is 5.56 Å². The van der Waals surface area contributed by atoms with Gasteiger partial charge >= 0.3 is 6.09 Å². The number of hydrogen-bond donors (Lipinski definition) is 1. The fourth-order valence-corrected chi connectivity index (χ4v) is 2.69. The van der Waals surface area contributed by atoms with Gasteiger partial charge in [-0.05, 0) is 18.2 Å². The molecule has 23 heavy (non-hydrogen) atoms. The number of carboxylic acid groups (broad SMARTS) is 1. The van der Waals surface area contributed by atoms with E-state index in [1.165, 1.54) is 4.90 Å². The molecule has 5 heteroatoms. The van der Waals surface area contributed by atoms with E-state index in [1.807, 2.05) is 48.5 Å². The molecular formula is C18H20N2O3. The van der Waals surface area contributed by atoms with Crippen molar-refractivity contribution in [1.29, 1.82) is 0 Å². The van der Waals surface area contributed by atoms with Crippen LogP contribution in [0.5, 0.6) is 11.5 Å². The third-order valence-corrected chi connectivity index (χ3v) is 3.98. The van der Waals surface area contributed by atoms with Gasteiger partial charge in [0.2, 0.25) is 0 Å². The lowest BCUT2D eigenvalue weighted by molar-refractivity contribution is 0.102. The number of hydrogen-bond acceptors (Lipinski definition) is 3. The lowest BCUT2D eigenvalue weighted by Gasteiger charge is -2.33. The summed E-state index contributed by atoms with van der Waals surface area (Å²) in [4.78, 5) is 14.7. The van der Waals surface area contributed by atoms with E-state index in [9.17, 15) is 4.79 Å². The van der Waals surface area contributed by atoms with Crippen LogP contribution in [0.25, 0.3) is 0 Å². The molecule has 0 bridgehead atoms. The maximum Gasteiger partial charge on any atom is 0.407 e. The minimum atomic E-state index is -0.836. The Kier molecular flexibility index (Phi) is 4.78. The molecule has 1 heterocycles. The summed E-state index contributed by atoms with van der Waals surface area (Å²) in [5.74, 6) is 1.66. The molecular weight excluding hydrogens is 292 g/mol. The summed E-state index contributed by atoms with van der Waals surface area (Å²) < 4.78 is 5.98. The molecule has 0 aromatic heterocycles. The molecule has 0 spiro atoms. The van der Waals surface area contributed by atoms with Crippen LogP contribution in [0.15, 0.2) is 54.6 Å². The van der Waals surface area contributed by atoms with E-state index < -0.39 is 6.09 Å². The van der Waals surface area contributed by atoms with Crippen molar-refractivity contribution in [2.75, 3.05) is 26.2 Å². The molecule has 1 saturated heterocycles.